The van der Waals surface area contributed by atoms with E-state index in [1.807, 2.05) is 24.3 Å². The van der Waals surface area contributed by atoms with E-state index < -0.39 is 11.6 Å². The molecule has 0 radical (unpaired) electrons. The molecule has 0 saturated heterocycles. The summed E-state index contributed by atoms with van der Waals surface area (Å²) in [5.41, 5.74) is 2.42. The summed E-state index contributed by atoms with van der Waals surface area (Å²) >= 11 is 0. The maximum absolute atomic E-state index is 13.8. The SMILES string of the molecule is CCC(C)c1ccccc1-c1ccc(F)cc1F. The van der Waals surface area contributed by atoms with E-state index in [1.54, 1.807) is 0 Å². The first-order valence-electron chi connectivity index (χ1n) is 6.17. The van der Waals surface area contributed by atoms with E-state index in [1.165, 1.54) is 12.1 Å². The van der Waals surface area contributed by atoms with Crippen LogP contribution in [0.1, 0.15) is 31.7 Å². The van der Waals surface area contributed by atoms with Gasteiger partial charge in [0.2, 0.25) is 0 Å². The smallest absolute Gasteiger partial charge is 0.133 e. The monoisotopic (exact) mass is 246 g/mol. The van der Waals surface area contributed by atoms with Crippen molar-refractivity contribution in [1.82, 2.24) is 0 Å². The molecule has 0 aromatic heterocycles. The summed E-state index contributed by atoms with van der Waals surface area (Å²) in [6.45, 7) is 4.21. The fourth-order valence-electron chi connectivity index (χ4n) is 2.10. The number of hydrogen-bond acceptors (Lipinski definition) is 0. The molecule has 2 heteroatoms. The zero-order valence-corrected chi connectivity index (χ0v) is 10.6. The average Bonchev–Trinajstić information content (AvgIpc) is 2.38. The Kier molecular flexibility index (Phi) is 3.75. The molecule has 0 bridgehead atoms. The van der Waals surface area contributed by atoms with Crippen molar-refractivity contribution in [3.8, 4) is 11.1 Å². The Bertz CT molecular complexity index is 547. The Labute approximate surface area is 106 Å². The fourth-order valence-corrected chi connectivity index (χ4v) is 2.10. The highest BCUT2D eigenvalue weighted by molar-refractivity contribution is 5.68. The highest BCUT2D eigenvalue weighted by atomic mass is 19.1. The average molecular weight is 246 g/mol. The number of rotatable bonds is 3. The van der Waals surface area contributed by atoms with Gasteiger partial charge < -0.3 is 0 Å². The third-order valence-electron chi connectivity index (χ3n) is 3.33. The van der Waals surface area contributed by atoms with Crippen molar-refractivity contribution in [3.63, 3.8) is 0 Å². The largest absolute Gasteiger partial charge is 0.207 e. The van der Waals surface area contributed by atoms with Crippen molar-refractivity contribution in [2.75, 3.05) is 0 Å². The molecule has 2 rings (SSSR count). The molecule has 1 unspecified atom stereocenters. The van der Waals surface area contributed by atoms with Crippen LogP contribution in [0.25, 0.3) is 11.1 Å². The van der Waals surface area contributed by atoms with Gasteiger partial charge in [0.1, 0.15) is 11.6 Å². The second-order valence-electron chi connectivity index (χ2n) is 4.52. The number of hydrogen-bond donors (Lipinski definition) is 0. The predicted molar refractivity (Wildman–Crippen MR) is 70.5 cm³/mol. The van der Waals surface area contributed by atoms with Gasteiger partial charge in [0, 0.05) is 11.6 Å². The quantitative estimate of drug-likeness (QED) is 0.703. The van der Waals surface area contributed by atoms with Crippen LogP contribution in [0.3, 0.4) is 0 Å². The second-order valence-corrected chi connectivity index (χ2v) is 4.52. The van der Waals surface area contributed by atoms with Gasteiger partial charge in [-0.05, 0) is 35.6 Å². The van der Waals surface area contributed by atoms with E-state index in [-0.39, 0.29) is 0 Å². The van der Waals surface area contributed by atoms with Gasteiger partial charge in [-0.15, -0.1) is 0 Å². The van der Waals surface area contributed by atoms with Crippen LogP contribution in [0, 0.1) is 11.6 Å². The maximum Gasteiger partial charge on any atom is 0.133 e. The van der Waals surface area contributed by atoms with Crippen LogP contribution in [-0.4, -0.2) is 0 Å². The van der Waals surface area contributed by atoms with Crippen LogP contribution >= 0.6 is 0 Å². The summed E-state index contributed by atoms with van der Waals surface area (Å²) in [6, 6.07) is 11.5. The highest BCUT2D eigenvalue weighted by Crippen LogP contribution is 2.32. The lowest BCUT2D eigenvalue weighted by Gasteiger charge is -2.15. The summed E-state index contributed by atoms with van der Waals surface area (Å²) in [6.07, 6.45) is 0.986. The van der Waals surface area contributed by atoms with Crippen molar-refractivity contribution in [2.24, 2.45) is 0 Å². The molecule has 0 aliphatic carbocycles. The molecule has 2 aromatic carbocycles. The Balaban J connectivity index is 2.56. The standard InChI is InChI=1S/C16H16F2/c1-3-11(2)13-6-4-5-7-14(13)15-9-8-12(17)10-16(15)18/h4-11H,3H2,1-2H3. The molecule has 0 heterocycles. The molecular formula is C16H16F2. The fraction of sp³-hybridized carbons (Fsp3) is 0.250. The maximum atomic E-state index is 13.8. The molecule has 94 valence electrons. The Morgan fingerprint density at radius 2 is 1.72 bits per heavy atom. The van der Waals surface area contributed by atoms with Crippen LogP contribution in [0.15, 0.2) is 42.5 Å². The van der Waals surface area contributed by atoms with Crippen LogP contribution in [-0.2, 0) is 0 Å². The van der Waals surface area contributed by atoms with Crippen molar-refractivity contribution < 1.29 is 8.78 Å². The van der Waals surface area contributed by atoms with Crippen LogP contribution in [0.4, 0.5) is 8.78 Å². The molecule has 0 fully saturated rings. The Morgan fingerprint density at radius 3 is 2.39 bits per heavy atom. The summed E-state index contributed by atoms with van der Waals surface area (Å²) in [7, 11) is 0. The Hall–Kier alpha value is -1.70. The highest BCUT2D eigenvalue weighted by Gasteiger charge is 2.13. The number of halogens is 2. The van der Waals surface area contributed by atoms with E-state index in [0.29, 0.717) is 11.5 Å². The topological polar surface area (TPSA) is 0 Å². The zero-order valence-electron chi connectivity index (χ0n) is 10.6. The van der Waals surface area contributed by atoms with E-state index in [2.05, 4.69) is 13.8 Å². The minimum atomic E-state index is -0.544. The molecule has 0 aliphatic heterocycles. The molecule has 0 aliphatic rings. The van der Waals surface area contributed by atoms with E-state index >= 15 is 0 Å². The molecule has 0 N–H and O–H groups in total. The van der Waals surface area contributed by atoms with Crippen LogP contribution < -0.4 is 0 Å². The summed E-state index contributed by atoms with van der Waals surface area (Å²) in [4.78, 5) is 0. The predicted octanol–water partition coefficient (Wildman–Crippen LogP) is 5.15. The molecule has 2 aromatic rings. The van der Waals surface area contributed by atoms with Crippen molar-refractivity contribution >= 4 is 0 Å². The third-order valence-corrected chi connectivity index (χ3v) is 3.33. The van der Waals surface area contributed by atoms with Gasteiger partial charge in [-0.3, -0.25) is 0 Å². The normalized spacial score (nSPS) is 12.4. The van der Waals surface area contributed by atoms with E-state index in [9.17, 15) is 8.78 Å². The molecule has 0 amide bonds. The molecule has 0 spiro atoms. The van der Waals surface area contributed by atoms with Gasteiger partial charge in [0.05, 0.1) is 0 Å². The zero-order chi connectivity index (χ0) is 13.1. The van der Waals surface area contributed by atoms with E-state index in [4.69, 9.17) is 0 Å². The van der Waals surface area contributed by atoms with Gasteiger partial charge in [-0.25, -0.2) is 8.78 Å². The third kappa shape index (κ3) is 2.42. The molecule has 0 saturated carbocycles. The minimum Gasteiger partial charge on any atom is -0.207 e. The molecule has 1 atom stereocenters. The number of benzene rings is 2. The lowest BCUT2D eigenvalue weighted by molar-refractivity contribution is 0.585. The van der Waals surface area contributed by atoms with Crippen LogP contribution in [0.2, 0.25) is 0 Å². The molecule has 18 heavy (non-hydrogen) atoms. The second kappa shape index (κ2) is 5.30. The first kappa shape index (κ1) is 12.7. The summed E-state index contributed by atoms with van der Waals surface area (Å²) in [5.74, 6) is -0.700. The molecule has 0 nitrogen and oxygen atoms in total. The first-order chi connectivity index (χ1) is 8.63. The summed E-state index contributed by atoms with van der Waals surface area (Å²) < 4.78 is 26.8. The van der Waals surface area contributed by atoms with Gasteiger partial charge >= 0.3 is 0 Å². The minimum absolute atomic E-state index is 0.352. The summed E-state index contributed by atoms with van der Waals surface area (Å²) in [5, 5.41) is 0. The van der Waals surface area contributed by atoms with Gasteiger partial charge in [0.25, 0.3) is 0 Å². The lowest BCUT2D eigenvalue weighted by atomic mass is 9.90. The van der Waals surface area contributed by atoms with E-state index in [0.717, 1.165) is 23.6 Å². The van der Waals surface area contributed by atoms with Gasteiger partial charge in [-0.1, -0.05) is 38.1 Å². The first-order valence-corrected chi connectivity index (χ1v) is 6.17. The van der Waals surface area contributed by atoms with Crippen molar-refractivity contribution in [3.05, 3.63) is 59.7 Å². The lowest BCUT2D eigenvalue weighted by Crippen LogP contribution is -1.96. The van der Waals surface area contributed by atoms with Crippen LogP contribution in [0.5, 0.6) is 0 Å². The van der Waals surface area contributed by atoms with Crippen molar-refractivity contribution in [1.29, 1.82) is 0 Å². The Morgan fingerprint density at radius 1 is 1.00 bits per heavy atom. The van der Waals surface area contributed by atoms with Crippen molar-refractivity contribution in [2.45, 2.75) is 26.2 Å². The molecular weight excluding hydrogens is 230 g/mol. The van der Waals surface area contributed by atoms with Gasteiger partial charge in [-0.2, -0.15) is 0 Å². The van der Waals surface area contributed by atoms with Gasteiger partial charge in [0.15, 0.2) is 0 Å².